The second-order valence-corrected chi connectivity index (χ2v) is 7.16. The number of carboxylic acids is 1. The van der Waals surface area contributed by atoms with Gasteiger partial charge in [-0.2, -0.15) is 0 Å². The number of pyridine rings is 1. The first-order valence-corrected chi connectivity index (χ1v) is 9.25. The topological polar surface area (TPSA) is 78.6 Å². The summed E-state index contributed by atoms with van der Waals surface area (Å²) < 4.78 is 6.19. The largest absolute Gasteiger partial charge is 0.478 e. The number of aryl methyl sites for hydroxylation is 1. The van der Waals surface area contributed by atoms with Crippen LogP contribution in [-0.2, 0) is 0 Å². The number of aromatic nitrogens is 1. The van der Waals surface area contributed by atoms with E-state index in [1.165, 1.54) is 0 Å². The molecule has 2 aromatic heterocycles. The summed E-state index contributed by atoms with van der Waals surface area (Å²) in [5, 5.41) is 13.1. The summed E-state index contributed by atoms with van der Waals surface area (Å²) in [6.07, 6.45) is 1.76. The average molecular weight is 393 g/mol. The molecule has 1 aromatic carbocycles. The molecule has 0 spiro atoms. The molecule has 1 saturated heterocycles. The van der Waals surface area contributed by atoms with Crippen molar-refractivity contribution in [3.8, 4) is 11.3 Å². The predicted molar refractivity (Wildman–Crippen MR) is 109 cm³/mol. The zero-order valence-electron chi connectivity index (χ0n) is 15.4. The Morgan fingerprint density at radius 1 is 1.25 bits per heavy atom. The van der Waals surface area contributed by atoms with Crippen molar-refractivity contribution in [2.24, 2.45) is 0 Å². The molecule has 28 heavy (non-hydrogen) atoms. The van der Waals surface area contributed by atoms with Gasteiger partial charge >= 0.3 is 5.97 Å². The van der Waals surface area contributed by atoms with Gasteiger partial charge in [0.15, 0.2) is 5.11 Å². The number of rotatable bonds is 4. The zero-order chi connectivity index (χ0) is 19.8. The number of nitrogens with zero attached hydrogens (tertiary/aromatic N) is 2. The molecule has 3 aromatic rings. The van der Waals surface area contributed by atoms with Crippen LogP contribution >= 0.6 is 12.2 Å². The maximum atomic E-state index is 11.2. The van der Waals surface area contributed by atoms with E-state index in [2.05, 4.69) is 10.3 Å². The molecule has 0 bridgehead atoms. The molecule has 3 heterocycles. The summed E-state index contributed by atoms with van der Waals surface area (Å²) in [6, 6.07) is 14.4. The number of hydrogen-bond donors (Lipinski definition) is 2. The van der Waals surface area contributed by atoms with Crippen molar-refractivity contribution in [2.75, 3.05) is 7.05 Å². The molecule has 2 atom stereocenters. The van der Waals surface area contributed by atoms with E-state index in [1.54, 1.807) is 24.4 Å². The van der Waals surface area contributed by atoms with Crippen LogP contribution in [0.3, 0.4) is 0 Å². The molecule has 1 aliphatic rings. The Bertz CT molecular complexity index is 1050. The lowest BCUT2D eigenvalue weighted by Gasteiger charge is -2.21. The van der Waals surface area contributed by atoms with Crippen LogP contribution in [0, 0.1) is 6.92 Å². The Kier molecular flexibility index (Phi) is 4.60. The monoisotopic (exact) mass is 393 g/mol. The maximum Gasteiger partial charge on any atom is 0.335 e. The van der Waals surface area contributed by atoms with Crippen LogP contribution in [0.1, 0.15) is 39.5 Å². The van der Waals surface area contributed by atoms with Gasteiger partial charge in [0, 0.05) is 18.8 Å². The molecule has 142 valence electrons. The number of benzene rings is 1. The summed E-state index contributed by atoms with van der Waals surface area (Å²) >= 11 is 5.45. The number of hydrogen-bond acceptors (Lipinski definition) is 4. The normalized spacial score (nSPS) is 18.9. The van der Waals surface area contributed by atoms with Crippen molar-refractivity contribution in [1.82, 2.24) is 15.2 Å². The Labute approximate surface area is 167 Å². The maximum absolute atomic E-state index is 11.2. The molecule has 0 radical (unpaired) electrons. The molecule has 7 heteroatoms. The molecule has 4 rings (SSSR count). The van der Waals surface area contributed by atoms with Crippen LogP contribution in [0.25, 0.3) is 11.3 Å². The van der Waals surface area contributed by atoms with Crippen molar-refractivity contribution in [1.29, 1.82) is 0 Å². The molecule has 1 fully saturated rings. The number of thiocarbonyl (C=S) groups is 1. The highest BCUT2D eigenvalue weighted by molar-refractivity contribution is 7.80. The van der Waals surface area contributed by atoms with E-state index < -0.39 is 5.97 Å². The van der Waals surface area contributed by atoms with Crippen LogP contribution in [0.15, 0.2) is 59.1 Å². The van der Waals surface area contributed by atoms with E-state index >= 15 is 0 Å². The standard InChI is InChI=1S/C21H19N3O3S/c1-12-11-13(20(25)26)6-7-14(12)16-8-9-17(27-16)19-18(23-21(28)24(19)2)15-5-3-4-10-22-15/h3-11,18-19H,1-2H3,(H,23,28)(H,25,26)/t18-,19-/m1/s1. The van der Waals surface area contributed by atoms with Gasteiger partial charge in [-0.05, 0) is 61.1 Å². The van der Waals surface area contributed by atoms with E-state index in [1.807, 2.05) is 49.2 Å². The highest BCUT2D eigenvalue weighted by Gasteiger charge is 2.39. The fourth-order valence-electron chi connectivity index (χ4n) is 3.54. The van der Waals surface area contributed by atoms with Crippen LogP contribution in [-0.4, -0.2) is 33.1 Å². The van der Waals surface area contributed by atoms with Crippen LogP contribution in [0.5, 0.6) is 0 Å². The van der Waals surface area contributed by atoms with Crippen molar-refractivity contribution in [3.63, 3.8) is 0 Å². The summed E-state index contributed by atoms with van der Waals surface area (Å²) in [5.74, 6) is 0.512. The SMILES string of the molecule is Cc1cc(C(=O)O)ccc1-c1ccc([C@@H]2[C@@H](c3ccccn3)NC(=S)N2C)o1. The van der Waals surface area contributed by atoms with Gasteiger partial charge in [0.25, 0.3) is 0 Å². The van der Waals surface area contributed by atoms with Gasteiger partial charge in [-0.3, -0.25) is 4.98 Å². The Morgan fingerprint density at radius 3 is 2.75 bits per heavy atom. The summed E-state index contributed by atoms with van der Waals surface area (Å²) in [6.45, 7) is 1.87. The molecule has 6 nitrogen and oxygen atoms in total. The number of carbonyl (C=O) groups is 1. The summed E-state index contributed by atoms with van der Waals surface area (Å²) in [7, 11) is 1.93. The van der Waals surface area contributed by atoms with E-state index in [4.69, 9.17) is 21.7 Å². The zero-order valence-corrected chi connectivity index (χ0v) is 16.2. The average Bonchev–Trinajstić information content (AvgIpc) is 3.27. The fraction of sp³-hybridized carbons (Fsp3) is 0.190. The molecule has 0 unspecified atom stereocenters. The minimum absolute atomic E-state index is 0.117. The first-order valence-electron chi connectivity index (χ1n) is 8.84. The summed E-state index contributed by atoms with van der Waals surface area (Å²) in [5.41, 5.74) is 2.85. The lowest BCUT2D eigenvalue weighted by Crippen LogP contribution is -2.24. The third-order valence-electron chi connectivity index (χ3n) is 5.00. The summed E-state index contributed by atoms with van der Waals surface area (Å²) in [4.78, 5) is 17.6. The van der Waals surface area contributed by atoms with Crippen LogP contribution in [0.4, 0.5) is 0 Å². The first kappa shape index (κ1) is 18.2. The second kappa shape index (κ2) is 7.09. The highest BCUT2D eigenvalue weighted by atomic mass is 32.1. The molecule has 1 aliphatic heterocycles. The van der Waals surface area contributed by atoms with E-state index in [-0.39, 0.29) is 17.6 Å². The smallest absolute Gasteiger partial charge is 0.335 e. The van der Waals surface area contributed by atoms with E-state index in [0.717, 1.165) is 22.6 Å². The van der Waals surface area contributed by atoms with Crippen LogP contribution < -0.4 is 5.32 Å². The van der Waals surface area contributed by atoms with Crippen molar-refractivity contribution < 1.29 is 14.3 Å². The lowest BCUT2D eigenvalue weighted by atomic mass is 10.0. The van der Waals surface area contributed by atoms with Gasteiger partial charge in [-0.25, -0.2) is 4.79 Å². The molecular formula is C21H19N3O3S. The Hall–Kier alpha value is -3.19. The molecule has 2 N–H and O–H groups in total. The Morgan fingerprint density at radius 2 is 2.07 bits per heavy atom. The minimum Gasteiger partial charge on any atom is -0.478 e. The fourth-order valence-corrected chi connectivity index (χ4v) is 3.78. The predicted octanol–water partition coefficient (Wildman–Crippen LogP) is 3.95. The van der Waals surface area contributed by atoms with Crippen molar-refractivity contribution >= 4 is 23.3 Å². The Balaban J connectivity index is 1.70. The van der Waals surface area contributed by atoms with Crippen LogP contribution in [0.2, 0.25) is 0 Å². The quantitative estimate of drug-likeness (QED) is 0.650. The van der Waals surface area contributed by atoms with Gasteiger partial charge in [-0.1, -0.05) is 12.1 Å². The molecule has 0 amide bonds. The molecule has 0 saturated carbocycles. The number of nitrogens with one attached hydrogen (secondary N) is 1. The van der Waals surface area contributed by atoms with Gasteiger partial charge in [0.1, 0.15) is 17.6 Å². The van der Waals surface area contributed by atoms with Crippen molar-refractivity contribution in [2.45, 2.75) is 19.0 Å². The molecular weight excluding hydrogens is 374 g/mol. The minimum atomic E-state index is -0.944. The number of furan rings is 1. The third-order valence-corrected chi connectivity index (χ3v) is 5.40. The third kappa shape index (κ3) is 3.14. The number of likely N-dealkylation sites (N-methyl/N-ethyl adjacent to an activating group) is 1. The van der Waals surface area contributed by atoms with E-state index in [9.17, 15) is 4.79 Å². The highest BCUT2D eigenvalue weighted by Crippen LogP contribution is 2.39. The second-order valence-electron chi connectivity index (χ2n) is 6.77. The lowest BCUT2D eigenvalue weighted by molar-refractivity contribution is 0.0697. The van der Waals surface area contributed by atoms with Gasteiger partial charge in [0.05, 0.1) is 17.3 Å². The van der Waals surface area contributed by atoms with Gasteiger partial charge < -0.3 is 19.7 Å². The first-order chi connectivity index (χ1) is 13.5. The van der Waals surface area contributed by atoms with E-state index in [0.29, 0.717) is 10.9 Å². The van der Waals surface area contributed by atoms with Crippen molar-refractivity contribution in [3.05, 3.63) is 77.3 Å². The number of aromatic carboxylic acids is 1. The van der Waals surface area contributed by atoms with Gasteiger partial charge in [-0.15, -0.1) is 0 Å². The van der Waals surface area contributed by atoms with Gasteiger partial charge in [0.2, 0.25) is 0 Å². The number of carboxylic acid groups (broad SMARTS) is 1. The molecule has 0 aliphatic carbocycles.